The summed E-state index contributed by atoms with van der Waals surface area (Å²) in [5, 5.41) is 2.83. The second kappa shape index (κ2) is 9.04. The van der Waals surface area contributed by atoms with Gasteiger partial charge in [0, 0.05) is 5.69 Å². The Morgan fingerprint density at radius 3 is 2.50 bits per heavy atom. The summed E-state index contributed by atoms with van der Waals surface area (Å²) < 4.78 is 10.9. The van der Waals surface area contributed by atoms with Gasteiger partial charge < -0.3 is 14.8 Å². The maximum atomic E-state index is 12.5. The first kappa shape index (κ1) is 19.5. The molecule has 0 heterocycles. The molecule has 0 unspecified atom stereocenters. The number of benzene rings is 2. The lowest BCUT2D eigenvalue weighted by Gasteiger charge is -2.18. The van der Waals surface area contributed by atoms with Crippen LogP contribution in [0.2, 0.25) is 0 Å². The van der Waals surface area contributed by atoms with Crippen molar-refractivity contribution >= 4 is 17.6 Å². The average molecular weight is 355 g/mol. The Morgan fingerprint density at radius 2 is 1.81 bits per heavy atom. The Bertz CT molecular complexity index is 785. The van der Waals surface area contributed by atoms with Crippen LogP contribution in [0.4, 0.5) is 5.69 Å². The zero-order chi connectivity index (χ0) is 19.1. The van der Waals surface area contributed by atoms with Crippen molar-refractivity contribution in [1.82, 2.24) is 0 Å². The van der Waals surface area contributed by atoms with Gasteiger partial charge in [0.05, 0.1) is 12.2 Å². The first-order valence-corrected chi connectivity index (χ1v) is 8.80. The van der Waals surface area contributed by atoms with E-state index in [-0.39, 0.29) is 5.91 Å². The van der Waals surface area contributed by atoms with Crippen LogP contribution in [0, 0.1) is 6.92 Å². The molecule has 0 aliphatic rings. The molecule has 1 atom stereocenters. The zero-order valence-corrected chi connectivity index (χ0v) is 15.7. The van der Waals surface area contributed by atoms with Gasteiger partial charge in [-0.25, -0.2) is 4.79 Å². The van der Waals surface area contributed by atoms with E-state index < -0.39 is 12.1 Å². The Hall–Kier alpha value is -2.82. The summed E-state index contributed by atoms with van der Waals surface area (Å²) in [5.41, 5.74) is 2.72. The number of amides is 1. The number of para-hydroxylation sites is 1. The third-order valence-electron chi connectivity index (χ3n) is 4.11. The molecule has 0 radical (unpaired) electrons. The van der Waals surface area contributed by atoms with Crippen LogP contribution in [0.25, 0.3) is 0 Å². The molecule has 1 amide bonds. The maximum absolute atomic E-state index is 12.5. The highest BCUT2D eigenvalue weighted by atomic mass is 16.5. The smallest absolute Gasteiger partial charge is 0.338 e. The number of anilines is 1. The van der Waals surface area contributed by atoms with Crippen molar-refractivity contribution in [2.24, 2.45) is 0 Å². The van der Waals surface area contributed by atoms with Gasteiger partial charge in [-0.1, -0.05) is 31.2 Å². The van der Waals surface area contributed by atoms with Crippen LogP contribution in [-0.2, 0) is 16.0 Å². The van der Waals surface area contributed by atoms with Crippen LogP contribution in [-0.4, -0.2) is 24.6 Å². The number of esters is 1. The Morgan fingerprint density at radius 1 is 1.08 bits per heavy atom. The van der Waals surface area contributed by atoms with Crippen LogP contribution in [0.3, 0.4) is 0 Å². The number of rotatable bonds is 7. The van der Waals surface area contributed by atoms with Crippen molar-refractivity contribution in [3.8, 4) is 5.75 Å². The summed E-state index contributed by atoms with van der Waals surface area (Å²) in [6, 6.07) is 12.8. The van der Waals surface area contributed by atoms with E-state index in [1.54, 1.807) is 39.0 Å². The van der Waals surface area contributed by atoms with E-state index in [9.17, 15) is 9.59 Å². The summed E-state index contributed by atoms with van der Waals surface area (Å²) >= 11 is 0. The van der Waals surface area contributed by atoms with Gasteiger partial charge in [-0.3, -0.25) is 4.79 Å². The Balaban J connectivity index is 2.12. The van der Waals surface area contributed by atoms with Gasteiger partial charge in [0.15, 0.2) is 6.10 Å². The number of nitrogens with one attached hydrogen (secondary N) is 1. The summed E-state index contributed by atoms with van der Waals surface area (Å²) in [6.07, 6.45) is 0.152. The molecule has 0 spiro atoms. The Kier molecular flexibility index (Phi) is 6.78. The van der Waals surface area contributed by atoms with Gasteiger partial charge in [0.25, 0.3) is 5.91 Å². The predicted molar refractivity (Wildman–Crippen MR) is 102 cm³/mol. The molecule has 5 nitrogen and oxygen atoms in total. The number of ether oxygens (including phenoxy) is 2. The molecule has 0 saturated carbocycles. The normalized spacial score (nSPS) is 11.5. The molecule has 0 saturated heterocycles. The third-order valence-corrected chi connectivity index (χ3v) is 4.11. The number of aryl methyl sites for hydroxylation is 1. The molecule has 0 fully saturated rings. The minimum absolute atomic E-state index is 0.278. The van der Waals surface area contributed by atoms with Gasteiger partial charge in [0.1, 0.15) is 5.75 Å². The van der Waals surface area contributed by atoms with Crippen molar-refractivity contribution < 1.29 is 19.1 Å². The van der Waals surface area contributed by atoms with Crippen LogP contribution in [0.5, 0.6) is 5.75 Å². The molecular weight excluding hydrogens is 330 g/mol. The summed E-state index contributed by atoms with van der Waals surface area (Å²) in [4.78, 5) is 24.5. The highest BCUT2D eigenvalue weighted by Gasteiger charge is 2.19. The molecular formula is C21H25NO4. The average Bonchev–Trinajstić information content (AvgIpc) is 2.63. The maximum Gasteiger partial charge on any atom is 0.338 e. The van der Waals surface area contributed by atoms with Crippen molar-refractivity contribution in [3.63, 3.8) is 0 Å². The van der Waals surface area contributed by atoms with E-state index >= 15 is 0 Å². The largest absolute Gasteiger partial charge is 0.481 e. The first-order valence-electron chi connectivity index (χ1n) is 8.80. The summed E-state index contributed by atoms with van der Waals surface area (Å²) in [7, 11) is 0. The second-order valence-corrected chi connectivity index (χ2v) is 5.91. The van der Waals surface area contributed by atoms with Gasteiger partial charge in [-0.2, -0.15) is 0 Å². The van der Waals surface area contributed by atoms with Crippen LogP contribution >= 0.6 is 0 Å². The van der Waals surface area contributed by atoms with E-state index in [1.807, 2.05) is 31.2 Å². The molecule has 2 rings (SSSR count). The van der Waals surface area contributed by atoms with E-state index in [0.29, 0.717) is 29.2 Å². The molecule has 5 heteroatoms. The minimum Gasteiger partial charge on any atom is -0.481 e. The van der Waals surface area contributed by atoms with E-state index in [0.717, 1.165) is 12.0 Å². The molecule has 0 aliphatic heterocycles. The van der Waals surface area contributed by atoms with Crippen molar-refractivity contribution in [1.29, 1.82) is 0 Å². The predicted octanol–water partition coefficient (Wildman–Crippen LogP) is 4.14. The third kappa shape index (κ3) is 4.63. The van der Waals surface area contributed by atoms with Gasteiger partial charge in [0.2, 0.25) is 0 Å². The fraction of sp³-hybridized carbons (Fsp3) is 0.333. The Labute approximate surface area is 154 Å². The van der Waals surface area contributed by atoms with Crippen molar-refractivity contribution in [2.45, 2.75) is 40.2 Å². The van der Waals surface area contributed by atoms with Crippen molar-refractivity contribution in [2.75, 3.05) is 11.9 Å². The van der Waals surface area contributed by atoms with Crippen LogP contribution in [0.1, 0.15) is 42.3 Å². The highest BCUT2D eigenvalue weighted by molar-refractivity contribution is 5.98. The quantitative estimate of drug-likeness (QED) is 0.758. The second-order valence-electron chi connectivity index (χ2n) is 5.91. The molecule has 26 heavy (non-hydrogen) atoms. The number of hydrogen-bond donors (Lipinski definition) is 1. The molecule has 138 valence electrons. The van der Waals surface area contributed by atoms with E-state index in [4.69, 9.17) is 9.47 Å². The van der Waals surface area contributed by atoms with Gasteiger partial charge in [-0.15, -0.1) is 0 Å². The first-order chi connectivity index (χ1) is 12.5. The molecule has 0 aliphatic carbocycles. The summed E-state index contributed by atoms with van der Waals surface area (Å²) in [6.45, 7) is 7.58. The fourth-order valence-corrected chi connectivity index (χ4v) is 2.59. The monoisotopic (exact) mass is 355 g/mol. The molecule has 0 bridgehead atoms. The standard InChI is InChI=1S/C21H25NO4/c1-5-16-10-7-8-13-19(16)26-15(4)20(23)22-18-12-9-11-17(14(18)3)21(24)25-6-2/h7-13,15H,5-6H2,1-4H3,(H,22,23)/t15-/m1/s1. The lowest BCUT2D eigenvalue weighted by Crippen LogP contribution is -2.30. The highest BCUT2D eigenvalue weighted by Crippen LogP contribution is 2.22. The van der Waals surface area contributed by atoms with Crippen molar-refractivity contribution in [3.05, 3.63) is 59.2 Å². The molecule has 2 aromatic carbocycles. The van der Waals surface area contributed by atoms with Gasteiger partial charge >= 0.3 is 5.97 Å². The fourth-order valence-electron chi connectivity index (χ4n) is 2.59. The van der Waals surface area contributed by atoms with E-state index in [1.165, 1.54) is 0 Å². The van der Waals surface area contributed by atoms with E-state index in [2.05, 4.69) is 5.32 Å². The lowest BCUT2D eigenvalue weighted by molar-refractivity contribution is -0.122. The summed E-state index contributed by atoms with van der Waals surface area (Å²) in [5.74, 6) is 0.0249. The van der Waals surface area contributed by atoms with Gasteiger partial charge in [-0.05, 0) is 56.5 Å². The number of carbonyl (C=O) groups excluding carboxylic acids is 2. The van der Waals surface area contributed by atoms with Crippen LogP contribution in [0.15, 0.2) is 42.5 Å². The topological polar surface area (TPSA) is 64.6 Å². The molecule has 2 aromatic rings. The molecule has 0 aromatic heterocycles. The number of carbonyl (C=O) groups is 2. The molecule has 1 N–H and O–H groups in total. The SMILES string of the molecule is CCOC(=O)c1cccc(NC(=O)[C@@H](C)Oc2ccccc2CC)c1C. The minimum atomic E-state index is -0.673. The van der Waals surface area contributed by atoms with Crippen LogP contribution < -0.4 is 10.1 Å². The lowest BCUT2D eigenvalue weighted by atomic mass is 10.1. The zero-order valence-electron chi connectivity index (χ0n) is 15.7. The number of hydrogen-bond acceptors (Lipinski definition) is 4.